The van der Waals surface area contributed by atoms with Gasteiger partial charge < -0.3 is 4.98 Å². The van der Waals surface area contributed by atoms with Crippen molar-refractivity contribution in [1.82, 2.24) is 4.98 Å². The van der Waals surface area contributed by atoms with Crippen molar-refractivity contribution in [2.45, 2.75) is 0 Å². The molecular formula is C13H9NOS. The fourth-order valence-corrected chi connectivity index (χ4v) is 2.45. The van der Waals surface area contributed by atoms with Crippen LogP contribution in [0.25, 0.3) is 22.0 Å². The molecule has 2 nitrogen and oxygen atoms in total. The third kappa shape index (κ3) is 1.46. The van der Waals surface area contributed by atoms with Gasteiger partial charge in [-0.3, -0.25) is 4.79 Å². The normalized spacial score (nSPS) is 10.8. The molecule has 0 bridgehead atoms. The van der Waals surface area contributed by atoms with E-state index in [-0.39, 0.29) is 4.87 Å². The van der Waals surface area contributed by atoms with Crippen LogP contribution in [0.1, 0.15) is 0 Å². The van der Waals surface area contributed by atoms with E-state index in [1.54, 1.807) is 0 Å². The Balaban J connectivity index is 2.35. The first-order valence-electron chi connectivity index (χ1n) is 5.00. The number of rotatable bonds is 1. The number of aromatic nitrogens is 1. The van der Waals surface area contributed by atoms with Gasteiger partial charge in [-0.1, -0.05) is 53.8 Å². The summed E-state index contributed by atoms with van der Waals surface area (Å²) in [6.45, 7) is 0. The van der Waals surface area contributed by atoms with Gasteiger partial charge in [0.05, 0.1) is 5.69 Å². The maximum absolute atomic E-state index is 11.2. The molecule has 0 fully saturated rings. The monoisotopic (exact) mass is 227 g/mol. The average molecular weight is 227 g/mol. The van der Waals surface area contributed by atoms with Crippen molar-refractivity contribution in [2.75, 3.05) is 0 Å². The predicted molar refractivity (Wildman–Crippen MR) is 67.9 cm³/mol. The first-order chi connectivity index (χ1) is 7.84. The quantitative estimate of drug-likeness (QED) is 0.680. The molecule has 0 unspecified atom stereocenters. The molecule has 0 amide bonds. The van der Waals surface area contributed by atoms with Crippen molar-refractivity contribution in [3.63, 3.8) is 0 Å². The maximum atomic E-state index is 11.2. The fourth-order valence-electron chi connectivity index (χ4n) is 1.87. The number of nitrogens with one attached hydrogen (secondary N) is 1. The lowest BCUT2D eigenvalue weighted by molar-refractivity contribution is 1.35. The topological polar surface area (TPSA) is 32.9 Å². The summed E-state index contributed by atoms with van der Waals surface area (Å²) in [5.74, 6) is 0. The van der Waals surface area contributed by atoms with Crippen LogP contribution < -0.4 is 4.87 Å². The highest BCUT2D eigenvalue weighted by atomic mass is 32.1. The van der Waals surface area contributed by atoms with Gasteiger partial charge in [-0.05, 0) is 10.8 Å². The number of hydrogen-bond acceptors (Lipinski definition) is 2. The molecule has 3 aromatic rings. The summed E-state index contributed by atoms with van der Waals surface area (Å²) in [5, 5.41) is 4.22. The van der Waals surface area contributed by atoms with Gasteiger partial charge in [0.25, 0.3) is 0 Å². The summed E-state index contributed by atoms with van der Waals surface area (Å²) in [7, 11) is 0. The van der Waals surface area contributed by atoms with Crippen LogP contribution in [0.2, 0.25) is 0 Å². The van der Waals surface area contributed by atoms with Crippen LogP contribution in [-0.4, -0.2) is 4.98 Å². The molecule has 0 radical (unpaired) electrons. The van der Waals surface area contributed by atoms with E-state index in [1.165, 1.54) is 22.1 Å². The third-order valence-corrected chi connectivity index (χ3v) is 3.27. The number of aromatic amines is 1. The molecule has 0 aliphatic rings. The lowest BCUT2D eigenvalue weighted by Crippen LogP contribution is -1.92. The second-order valence-electron chi connectivity index (χ2n) is 3.59. The molecule has 1 N–H and O–H groups in total. The molecule has 16 heavy (non-hydrogen) atoms. The van der Waals surface area contributed by atoms with E-state index >= 15 is 0 Å². The Morgan fingerprint density at radius 3 is 2.62 bits per heavy atom. The van der Waals surface area contributed by atoms with Crippen molar-refractivity contribution in [3.05, 3.63) is 57.5 Å². The first-order valence-corrected chi connectivity index (χ1v) is 5.88. The minimum Gasteiger partial charge on any atom is -0.312 e. The van der Waals surface area contributed by atoms with E-state index in [0.717, 1.165) is 11.3 Å². The highest BCUT2D eigenvalue weighted by Crippen LogP contribution is 2.26. The largest absolute Gasteiger partial charge is 0.312 e. The van der Waals surface area contributed by atoms with Crippen LogP contribution in [0, 0.1) is 0 Å². The van der Waals surface area contributed by atoms with Gasteiger partial charge in [-0.2, -0.15) is 0 Å². The molecule has 0 aliphatic heterocycles. The Labute approximate surface area is 96.2 Å². The predicted octanol–water partition coefficient (Wildman–Crippen LogP) is 3.26. The Kier molecular flexibility index (Phi) is 2.11. The van der Waals surface area contributed by atoms with Gasteiger partial charge in [0.1, 0.15) is 0 Å². The van der Waals surface area contributed by atoms with Gasteiger partial charge in [0.15, 0.2) is 0 Å². The van der Waals surface area contributed by atoms with Crippen molar-refractivity contribution < 1.29 is 0 Å². The number of benzene rings is 2. The standard InChI is InChI=1S/C13H9NOS/c15-13-14-12(8-16-13)11-7-3-5-9-4-1-2-6-10(9)11/h1-8H,(H,14,15). The molecule has 78 valence electrons. The zero-order chi connectivity index (χ0) is 11.0. The van der Waals surface area contributed by atoms with Crippen molar-refractivity contribution >= 4 is 22.1 Å². The number of hydrogen-bond donors (Lipinski definition) is 1. The second-order valence-corrected chi connectivity index (χ2v) is 4.43. The number of fused-ring (bicyclic) bond motifs is 1. The van der Waals surface area contributed by atoms with Crippen LogP contribution in [0.4, 0.5) is 0 Å². The number of H-pyrrole nitrogens is 1. The van der Waals surface area contributed by atoms with Crippen molar-refractivity contribution in [2.24, 2.45) is 0 Å². The summed E-state index contributed by atoms with van der Waals surface area (Å²) in [6, 6.07) is 14.3. The minimum atomic E-state index is -0.0112. The van der Waals surface area contributed by atoms with Gasteiger partial charge in [-0.15, -0.1) is 0 Å². The van der Waals surface area contributed by atoms with Crippen LogP contribution in [-0.2, 0) is 0 Å². The van der Waals surface area contributed by atoms with Gasteiger partial charge in [-0.25, -0.2) is 0 Å². The lowest BCUT2D eigenvalue weighted by atomic mass is 10.0. The van der Waals surface area contributed by atoms with Crippen LogP contribution in [0.15, 0.2) is 52.6 Å². The van der Waals surface area contributed by atoms with Gasteiger partial charge in [0.2, 0.25) is 0 Å². The van der Waals surface area contributed by atoms with E-state index in [4.69, 9.17) is 0 Å². The molecule has 0 aliphatic carbocycles. The third-order valence-electron chi connectivity index (χ3n) is 2.60. The molecule has 0 spiro atoms. The summed E-state index contributed by atoms with van der Waals surface area (Å²) in [4.78, 5) is 14.0. The summed E-state index contributed by atoms with van der Waals surface area (Å²) in [5.41, 5.74) is 1.98. The maximum Gasteiger partial charge on any atom is 0.304 e. The Hall–Kier alpha value is -1.87. The van der Waals surface area contributed by atoms with Crippen LogP contribution in [0.5, 0.6) is 0 Å². The number of thiazole rings is 1. The molecule has 1 aromatic heterocycles. The van der Waals surface area contributed by atoms with E-state index in [2.05, 4.69) is 23.2 Å². The molecule has 0 saturated heterocycles. The lowest BCUT2D eigenvalue weighted by Gasteiger charge is -2.03. The summed E-state index contributed by atoms with van der Waals surface area (Å²) in [6.07, 6.45) is 0. The zero-order valence-electron chi connectivity index (χ0n) is 8.44. The van der Waals surface area contributed by atoms with Crippen LogP contribution in [0.3, 0.4) is 0 Å². The molecule has 2 aromatic carbocycles. The average Bonchev–Trinajstić information content (AvgIpc) is 2.75. The van der Waals surface area contributed by atoms with Crippen molar-refractivity contribution in [1.29, 1.82) is 0 Å². The van der Waals surface area contributed by atoms with E-state index < -0.39 is 0 Å². The fraction of sp³-hybridized carbons (Fsp3) is 0. The smallest absolute Gasteiger partial charge is 0.304 e. The Morgan fingerprint density at radius 1 is 1.00 bits per heavy atom. The molecule has 0 atom stereocenters. The van der Waals surface area contributed by atoms with E-state index in [1.807, 2.05) is 29.6 Å². The minimum absolute atomic E-state index is 0.0112. The highest BCUT2D eigenvalue weighted by molar-refractivity contribution is 7.07. The molecule has 1 heterocycles. The SMILES string of the molecule is O=c1[nH]c(-c2cccc3ccccc23)cs1. The zero-order valence-corrected chi connectivity index (χ0v) is 9.25. The Bertz CT molecular complexity index is 691. The van der Waals surface area contributed by atoms with Gasteiger partial charge in [0, 0.05) is 10.9 Å². The van der Waals surface area contributed by atoms with Crippen molar-refractivity contribution in [3.8, 4) is 11.3 Å². The first kappa shape index (κ1) is 9.36. The molecular weight excluding hydrogens is 218 g/mol. The van der Waals surface area contributed by atoms with E-state index in [0.29, 0.717) is 0 Å². The van der Waals surface area contributed by atoms with E-state index in [9.17, 15) is 4.79 Å². The Morgan fingerprint density at radius 2 is 1.81 bits per heavy atom. The molecule has 3 rings (SSSR count). The van der Waals surface area contributed by atoms with Gasteiger partial charge >= 0.3 is 4.87 Å². The summed E-state index contributed by atoms with van der Waals surface area (Å²) < 4.78 is 0. The van der Waals surface area contributed by atoms with Crippen LogP contribution >= 0.6 is 11.3 Å². The molecule has 0 saturated carbocycles. The second kappa shape index (κ2) is 3.61. The highest BCUT2D eigenvalue weighted by Gasteiger charge is 2.04. The summed E-state index contributed by atoms with van der Waals surface area (Å²) >= 11 is 1.20. The molecule has 3 heteroatoms.